The SMILES string of the molecule is COc1ccc(-c2nnc(NC(=O)CBr)s2)cc1OC. The highest BCUT2D eigenvalue weighted by Gasteiger charge is 2.11. The maximum Gasteiger partial charge on any atom is 0.236 e. The first kappa shape index (κ1) is 14.7. The third kappa shape index (κ3) is 3.26. The zero-order valence-electron chi connectivity index (χ0n) is 10.8. The summed E-state index contributed by atoms with van der Waals surface area (Å²) in [5, 5.41) is 12.0. The van der Waals surface area contributed by atoms with Gasteiger partial charge in [0.05, 0.1) is 19.5 Å². The minimum atomic E-state index is -0.167. The van der Waals surface area contributed by atoms with Crippen molar-refractivity contribution in [3.63, 3.8) is 0 Å². The van der Waals surface area contributed by atoms with E-state index in [9.17, 15) is 4.79 Å². The number of alkyl halides is 1. The van der Waals surface area contributed by atoms with Crippen LogP contribution in [0.25, 0.3) is 10.6 Å². The number of aromatic nitrogens is 2. The summed E-state index contributed by atoms with van der Waals surface area (Å²) in [6, 6.07) is 5.47. The van der Waals surface area contributed by atoms with E-state index in [1.54, 1.807) is 20.3 Å². The Bertz CT molecular complexity index is 618. The summed E-state index contributed by atoms with van der Waals surface area (Å²) in [4.78, 5) is 11.3. The van der Waals surface area contributed by atoms with Crippen molar-refractivity contribution in [2.45, 2.75) is 0 Å². The molecule has 6 nitrogen and oxygen atoms in total. The highest BCUT2D eigenvalue weighted by atomic mass is 79.9. The molecular formula is C12H12BrN3O3S. The van der Waals surface area contributed by atoms with Crippen LogP contribution in [0.2, 0.25) is 0 Å². The summed E-state index contributed by atoms with van der Waals surface area (Å²) < 4.78 is 10.4. The molecular weight excluding hydrogens is 346 g/mol. The van der Waals surface area contributed by atoms with Gasteiger partial charge in [-0.2, -0.15) is 0 Å². The number of halogens is 1. The van der Waals surface area contributed by atoms with Crippen molar-refractivity contribution < 1.29 is 14.3 Å². The molecule has 0 aliphatic carbocycles. The predicted octanol–water partition coefficient (Wildman–Crippen LogP) is 2.56. The molecule has 0 radical (unpaired) electrons. The van der Waals surface area contributed by atoms with Crippen LogP contribution in [0, 0.1) is 0 Å². The fraction of sp³-hybridized carbons (Fsp3) is 0.250. The van der Waals surface area contributed by atoms with Crippen LogP contribution in [-0.2, 0) is 4.79 Å². The number of rotatable bonds is 5. The standard InChI is InChI=1S/C12H12BrN3O3S/c1-18-8-4-3-7(5-9(8)19-2)11-15-16-12(20-11)14-10(17)6-13/h3-5H,6H2,1-2H3,(H,14,16,17). The minimum absolute atomic E-state index is 0.167. The molecule has 8 heteroatoms. The van der Waals surface area contributed by atoms with Crippen LogP contribution in [0.1, 0.15) is 0 Å². The molecule has 0 saturated carbocycles. The quantitative estimate of drug-likeness (QED) is 0.832. The lowest BCUT2D eigenvalue weighted by atomic mass is 10.2. The van der Waals surface area contributed by atoms with Crippen LogP contribution in [0.5, 0.6) is 11.5 Å². The zero-order valence-corrected chi connectivity index (χ0v) is 13.2. The van der Waals surface area contributed by atoms with Crippen molar-refractivity contribution in [3.05, 3.63) is 18.2 Å². The van der Waals surface area contributed by atoms with E-state index in [-0.39, 0.29) is 11.2 Å². The maximum absolute atomic E-state index is 11.3. The second kappa shape index (κ2) is 6.67. The number of carbonyl (C=O) groups excluding carboxylic acids is 1. The van der Waals surface area contributed by atoms with Gasteiger partial charge in [0.1, 0.15) is 5.01 Å². The molecule has 20 heavy (non-hydrogen) atoms. The molecule has 2 rings (SSSR count). The Kier molecular flexibility index (Phi) is 4.91. The molecule has 1 heterocycles. The smallest absolute Gasteiger partial charge is 0.236 e. The van der Waals surface area contributed by atoms with Gasteiger partial charge in [-0.05, 0) is 18.2 Å². The number of benzene rings is 1. The lowest BCUT2D eigenvalue weighted by Crippen LogP contribution is -2.11. The molecule has 0 bridgehead atoms. The highest BCUT2D eigenvalue weighted by Crippen LogP contribution is 2.34. The van der Waals surface area contributed by atoms with Crippen LogP contribution in [-0.4, -0.2) is 35.7 Å². The Morgan fingerprint density at radius 3 is 2.70 bits per heavy atom. The van der Waals surface area contributed by atoms with Gasteiger partial charge in [-0.25, -0.2) is 0 Å². The second-order valence-electron chi connectivity index (χ2n) is 3.66. The average Bonchev–Trinajstić information content (AvgIpc) is 2.94. The van der Waals surface area contributed by atoms with Gasteiger partial charge in [-0.1, -0.05) is 27.3 Å². The molecule has 0 aliphatic rings. The van der Waals surface area contributed by atoms with Crippen molar-refractivity contribution >= 4 is 38.3 Å². The number of nitrogens with one attached hydrogen (secondary N) is 1. The first-order valence-electron chi connectivity index (χ1n) is 5.59. The molecule has 2 aromatic rings. The molecule has 1 N–H and O–H groups in total. The second-order valence-corrected chi connectivity index (χ2v) is 5.20. The van der Waals surface area contributed by atoms with E-state index < -0.39 is 0 Å². The lowest BCUT2D eigenvalue weighted by molar-refractivity contribution is -0.113. The normalized spacial score (nSPS) is 10.2. The van der Waals surface area contributed by atoms with E-state index in [2.05, 4.69) is 31.4 Å². The van der Waals surface area contributed by atoms with E-state index >= 15 is 0 Å². The Balaban J connectivity index is 2.25. The number of hydrogen-bond donors (Lipinski definition) is 1. The third-order valence-corrected chi connectivity index (χ3v) is 3.82. The molecule has 1 aromatic carbocycles. The Morgan fingerprint density at radius 2 is 2.05 bits per heavy atom. The molecule has 0 aliphatic heterocycles. The predicted molar refractivity (Wildman–Crippen MR) is 80.9 cm³/mol. The van der Waals surface area contributed by atoms with E-state index in [1.165, 1.54) is 11.3 Å². The number of anilines is 1. The molecule has 0 spiro atoms. The van der Waals surface area contributed by atoms with Crippen molar-refractivity contribution in [1.29, 1.82) is 0 Å². The molecule has 0 atom stereocenters. The Hall–Kier alpha value is -1.67. The molecule has 0 fully saturated rings. The monoisotopic (exact) mass is 357 g/mol. The van der Waals surface area contributed by atoms with Gasteiger partial charge in [0.2, 0.25) is 11.0 Å². The number of methoxy groups -OCH3 is 2. The molecule has 1 amide bonds. The van der Waals surface area contributed by atoms with Gasteiger partial charge < -0.3 is 9.47 Å². The molecule has 106 valence electrons. The lowest BCUT2D eigenvalue weighted by Gasteiger charge is -2.07. The van der Waals surface area contributed by atoms with E-state index in [0.717, 1.165) is 5.56 Å². The van der Waals surface area contributed by atoms with Crippen molar-refractivity contribution in [2.75, 3.05) is 24.9 Å². The molecule has 0 saturated heterocycles. The summed E-state index contributed by atoms with van der Waals surface area (Å²) >= 11 is 4.36. The summed E-state index contributed by atoms with van der Waals surface area (Å²) in [6.45, 7) is 0. The first-order valence-corrected chi connectivity index (χ1v) is 7.53. The van der Waals surface area contributed by atoms with Crippen molar-refractivity contribution in [2.24, 2.45) is 0 Å². The van der Waals surface area contributed by atoms with E-state index in [0.29, 0.717) is 21.6 Å². The summed E-state index contributed by atoms with van der Waals surface area (Å²) in [7, 11) is 3.15. The van der Waals surface area contributed by atoms with Gasteiger partial charge in [0, 0.05) is 5.56 Å². The number of amides is 1. The number of carbonyl (C=O) groups is 1. The Labute approximate surface area is 128 Å². The van der Waals surface area contributed by atoms with Crippen LogP contribution in [0.4, 0.5) is 5.13 Å². The van der Waals surface area contributed by atoms with Gasteiger partial charge in [-0.15, -0.1) is 10.2 Å². The fourth-order valence-electron chi connectivity index (χ4n) is 1.51. The molecule has 1 aromatic heterocycles. The number of ether oxygens (including phenoxy) is 2. The van der Waals surface area contributed by atoms with E-state index in [1.807, 2.05) is 12.1 Å². The average molecular weight is 358 g/mol. The first-order chi connectivity index (χ1) is 9.67. The summed E-state index contributed by atoms with van der Waals surface area (Å²) in [5.74, 6) is 1.10. The summed E-state index contributed by atoms with van der Waals surface area (Å²) in [6.07, 6.45) is 0. The summed E-state index contributed by atoms with van der Waals surface area (Å²) in [5.41, 5.74) is 0.847. The topological polar surface area (TPSA) is 73.3 Å². The van der Waals surface area contributed by atoms with Gasteiger partial charge in [0.25, 0.3) is 0 Å². The van der Waals surface area contributed by atoms with Crippen molar-refractivity contribution in [3.8, 4) is 22.1 Å². The van der Waals surface area contributed by atoms with Gasteiger partial charge >= 0.3 is 0 Å². The zero-order chi connectivity index (χ0) is 14.5. The van der Waals surface area contributed by atoms with Crippen LogP contribution in [0.3, 0.4) is 0 Å². The highest BCUT2D eigenvalue weighted by molar-refractivity contribution is 9.09. The molecule has 0 unspecified atom stereocenters. The number of nitrogens with zero attached hydrogens (tertiary/aromatic N) is 2. The van der Waals surface area contributed by atoms with Crippen molar-refractivity contribution in [1.82, 2.24) is 10.2 Å². The van der Waals surface area contributed by atoms with Crippen LogP contribution in [0.15, 0.2) is 18.2 Å². The minimum Gasteiger partial charge on any atom is -0.493 e. The third-order valence-electron chi connectivity index (χ3n) is 2.42. The Morgan fingerprint density at radius 1 is 1.30 bits per heavy atom. The van der Waals surface area contributed by atoms with Gasteiger partial charge in [-0.3, -0.25) is 10.1 Å². The van der Waals surface area contributed by atoms with Crippen LogP contribution < -0.4 is 14.8 Å². The van der Waals surface area contributed by atoms with Gasteiger partial charge in [0.15, 0.2) is 11.5 Å². The number of hydrogen-bond acceptors (Lipinski definition) is 6. The maximum atomic E-state index is 11.3. The van der Waals surface area contributed by atoms with E-state index in [4.69, 9.17) is 9.47 Å². The fourth-order valence-corrected chi connectivity index (χ4v) is 2.41. The largest absolute Gasteiger partial charge is 0.493 e. The van der Waals surface area contributed by atoms with Crippen LogP contribution >= 0.6 is 27.3 Å².